The third-order valence-corrected chi connectivity index (χ3v) is 9.43. The van der Waals surface area contributed by atoms with Gasteiger partial charge < -0.3 is 9.47 Å². The lowest BCUT2D eigenvalue weighted by Gasteiger charge is -2.31. The van der Waals surface area contributed by atoms with Gasteiger partial charge in [-0.25, -0.2) is 17.6 Å². The maximum absolute atomic E-state index is 14.9. The molecule has 2 atom stereocenters. The molecule has 43 heavy (non-hydrogen) atoms. The Morgan fingerprint density at radius 3 is 2.07 bits per heavy atom. The van der Waals surface area contributed by atoms with Gasteiger partial charge in [0, 0.05) is 5.56 Å². The van der Waals surface area contributed by atoms with Crippen molar-refractivity contribution in [1.29, 1.82) is 0 Å². The second-order valence-electron chi connectivity index (χ2n) is 12.3. The Hall–Kier alpha value is -2.64. The zero-order valence-corrected chi connectivity index (χ0v) is 25.0. The fourth-order valence-electron chi connectivity index (χ4n) is 6.62. The van der Waals surface area contributed by atoms with E-state index in [9.17, 15) is 26.3 Å². The molecule has 0 bridgehead atoms. The molecule has 2 aromatic rings. The summed E-state index contributed by atoms with van der Waals surface area (Å²) in [5.74, 6) is -5.54. The maximum Gasteiger partial charge on any atom is 0.204 e. The second-order valence-corrected chi connectivity index (χ2v) is 12.3. The Bertz CT molecular complexity index is 1190. The van der Waals surface area contributed by atoms with Crippen LogP contribution in [-0.4, -0.2) is 19.0 Å². The van der Waals surface area contributed by atoms with E-state index in [1.54, 1.807) is 0 Å². The van der Waals surface area contributed by atoms with Crippen molar-refractivity contribution in [2.45, 2.75) is 109 Å². The van der Waals surface area contributed by atoms with E-state index in [4.69, 9.17) is 9.47 Å². The summed E-state index contributed by atoms with van der Waals surface area (Å²) in [5, 5.41) is 0. The van der Waals surface area contributed by atoms with Crippen LogP contribution in [0.4, 0.5) is 26.3 Å². The van der Waals surface area contributed by atoms with Gasteiger partial charge in [0.05, 0.1) is 0 Å². The quantitative estimate of drug-likeness (QED) is 0.120. The molecule has 0 radical (unpaired) electrons. The Labute approximate surface area is 251 Å². The van der Waals surface area contributed by atoms with Crippen LogP contribution in [0.25, 0.3) is 0 Å². The van der Waals surface area contributed by atoms with Crippen molar-refractivity contribution in [2.24, 2.45) is 17.8 Å². The highest BCUT2D eigenvalue weighted by molar-refractivity contribution is 5.36. The van der Waals surface area contributed by atoms with Crippen molar-refractivity contribution in [3.63, 3.8) is 0 Å². The molecule has 238 valence electrons. The Kier molecular flexibility index (Phi) is 12.3. The molecule has 2 saturated carbocycles. The molecule has 0 heterocycles. The predicted octanol–water partition coefficient (Wildman–Crippen LogP) is 10.7. The fourth-order valence-corrected chi connectivity index (χ4v) is 6.62. The van der Waals surface area contributed by atoms with Crippen LogP contribution >= 0.6 is 0 Å². The van der Waals surface area contributed by atoms with E-state index >= 15 is 0 Å². The Morgan fingerprint density at radius 2 is 1.44 bits per heavy atom. The van der Waals surface area contributed by atoms with Gasteiger partial charge in [-0.15, -0.1) is 6.58 Å². The lowest BCUT2D eigenvalue weighted by atomic mass is 9.77. The van der Waals surface area contributed by atoms with Crippen LogP contribution in [0.1, 0.15) is 101 Å². The second kappa shape index (κ2) is 15.9. The van der Waals surface area contributed by atoms with Crippen molar-refractivity contribution in [3.05, 3.63) is 71.3 Å². The fraction of sp³-hybridized carbons (Fsp3) is 0.600. The van der Waals surface area contributed by atoms with Gasteiger partial charge in [-0.1, -0.05) is 63.7 Å². The van der Waals surface area contributed by atoms with Crippen molar-refractivity contribution in [1.82, 2.24) is 0 Å². The summed E-state index contributed by atoms with van der Waals surface area (Å²) in [7, 11) is 0. The summed E-state index contributed by atoms with van der Waals surface area (Å²) in [6, 6.07) is 5.03. The summed E-state index contributed by atoms with van der Waals surface area (Å²) in [6.45, 7) is 4.68. The van der Waals surface area contributed by atoms with Crippen molar-refractivity contribution >= 4 is 0 Å². The standard InChI is InChI=1S/C35H44F6O2/c1-3-5-6-7-23-10-14-25(15-11-23)31(37)28(36)21-43-30-19-18-29(34(40)35(30)41)42-20-26-16-17-27(33(39)32(26)38)24-12-8-22(4-2)9-13-24/h4,16-19,22-25,28,31H,2-3,5-15,20-21H2,1H3. The molecular formula is C35H44F6O2. The molecule has 2 nitrogen and oxygen atoms in total. The van der Waals surface area contributed by atoms with E-state index in [1.807, 2.05) is 6.08 Å². The number of unbranched alkanes of at least 4 members (excludes halogenated alkanes) is 2. The molecular weight excluding hydrogens is 566 g/mol. The molecule has 8 heteroatoms. The van der Waals surface area contributed by atoms with Crippen molar-refractivity contribution in [2.75, 3.05) is 6.61 Å². The minimum atomic E-state index is -1.97. The Morgan fingerprint density at radius 1 is 0.791 bits per heavy atom. The number of rotatable bonds is 14. The number of hydrogen-bond donors (Lipinski definition) is 0. The highest BCUT2D eigenvalue weighted by atomic mass is 19.2. The van der Waals surface area contributed by atoms with E-state index in [2.05, 4.69) is 13.5 Å². The first kappa shape index (κ1) is 33.3. The number of alkyl halides is 2. The zero-order chi connectivity index (χ0) is 30.9. The largest absolute Gasteiger partial charge is 0.487 e. The first-order valence-corrected chi connectivity index (χ1v) is 15.8. The first-order valence-electron chi connectivity index (χ1n) is 15.8. The van der Waals surface area contributed by atoms with E-state index in [0.29, 0.717) is 30.2 Å². The topological polar surface area (TPSA) is 18.5 Å². The molecule has 0 aliphatic heterocycles. The predicted molar refractivity (Wildman–Crippen MR) is 157 cm³/mol. The van der Waals surface area contributed by atoms with Gasteiger partial charge in [0.1, 0.15) is 19.4 Å². The molecule has 2 aromatic carbocycles. The van der Waals surface area contributed by atoms with Gasteiger partial charge in [-0.2, -0.15) is 8.78 Å². The molecule has 2 unspecified atom stereocenters. The minimum Gasteiger partial charge on any atom is -0.487 e. The molecule has 0 aromatic heterocycles. The molecule has 0 N–H and O–H groups in total. The summed E-state index contributed by atoms with van der Waals surface area (Å²) >= 11 is 0. The minimum absolute atomic E-state index is 0.0910. The highest BCUT2D eigenvalue weighted by Crippen LogP contribution is 2.39. The van der Waals surface area contributed by atoms with Crippen molar-refractivity contribution in [3.8, 4) is 11.5 Å². The summed E-state index contributed by atoms with van der Waals surface area (Å²) in [6.07, 6.45) is 8.97. The van der Waals surface area contributed by atoms with Crippen LogP contribution in [0.5, 0.6) is 11.5 Å². The molecule has 2 aliphatic carbocycles. The van der Waals surface area contributed by atoms with Crippen LogP contribution in [0, 0.1) is 41.0 Å². The van der Waals surface area contributed by atoms with Gasteiger partial charge in [0.15, 0.2) is 29.3 Å². The summed E-state index contributed by atoms with van der Waals surface area (Å²) < 4.78 is 99.0. The third kappa shape index (κ3) is 8.51. The van der Waals surface area contributed by atoms with E-state index in [0.717, 1.165) is 69.9 Å². The van der Waals surface area contributed by atoms with E-state index in [1.165, 1.54) is 18.6 Å². The SMILES string of the molecule is C=CC1CCC(c2ccc(COc3ccc(OCC(F)C(F)C4CCC(CCCCC)CC4)c(F)c3F)c(F)c2F)CC1. The Balaban J connectivity index is 1.28. The molecule has 4 rings (SSSR count). The van der Waals surface area contributed by atoms with Crippen LogP contribution in [0.3, 0.4) is 0 Å². The third-order valence-electron chi connectivity index (χ3n) is 9.43. The van der Waals surface area contributed by atoms with Gasteiger partial charge in [0.2, 0.25) is 11.6 Å². The molecule has 0 spiro atoms. The van der Waals surface area contributed by atoms with E-state index in [-0.39, 0.29) is 11.5 Å². The first-order chi connectivity index (χ1) is 20.7. The van der Waals surface area contributed by atoms with E-state index < -0.39 is 66.2 Å². The van der Waals surface area contributed by atoms with Gasteiger partial charge in [-0.3, -0.25) is 0 Å². The number of ether oxygens (including phenoxy) is 2. The van der Waals surface area contributed by atoms with Gasteiger partial charge >= 0.3 is 0 Å². The van der Waals surface area contributed by atoms with Crippen LogP contribution in [-0.2, 0) is 6.61 Å². The average molecular weight is 611 g/mol. The smallest absolute Gasteiger partial charge is 0.204 e. The number of hydrogen-bond acceptors (Lipinski definition) is 2. The number of benzene rings is 2. The molecule has 0 amide bonds. The number of halogens is 6. The molecule has 2 aliphatic rings. The maximum atomic E-state index is 14.9. The van der Waals surface area contributed by atoms with Gasteiger partial charge in [0.25, 0.3) is 0 Å². The van der Waals surface area contributed by atoms with Crippen LogP contribution in [0.2, 0.25) is 0 Å². The van der Waals surface area contributed by atoms with Crippen molar-refractivity contribution < 1.29 is 35.8 Å². The molecule has 2 fully saturated rings. The highest BCUT2D eigenvalue weighted by Gasteiger charge is 2.34. The van der Waals surface area contributed by atoms with Crippen LogP contribution in [0.15, 0.2) is 36.9 Å². The van der Waals surface area contributed by atoms with Crippen LogP contribution < -0.4 is 9.47 Å². The average Bonchev–Trinajstić information content (AvgIpc) is 3.03. The normalized spacial score (nSPS) is 23.9. The lowest BCUT2D eigenvalue weighted by Crippen LogP contribution is -2.33. The monoisotopic (exact) mass is 610 g/mol. The number of allylic oxidation sites excluding steroid dienone is 1. The molecule has 0 saturated heterocycles. The lowest BCUT2D eigenvalue weighted by molar-refractivity contribution is 0.0478. The summed E-state index contributed by atoms with van der Waals surface area (Å²) in [5.41, 5.74) is 0.171. The summed E-state index contributed by atoms with van der Waals surface area (Å²) in [4.78, 5) is 0. The van der Waals surface area contributed by atoms with Gasteiger partial charge in [-0.05, 0) is 79.9 Å². The zero-order valence-electron chi connectivity index (χ0n) is 25.0.